The molecule has 0 aliphatic carbocycles. The smallest absolute Gasteiger partial charge is 0.251 e. The first-order valence-electron chi connectivity index (χ1n) is 11.0. The van der Waals surface area contributed by atoms with Crippen LogP contribution >= 0.6 is 0 Å². The molecule has 1 heterocycles. The molecule has 6 nitrogen and oxygen atoms in total. The van der Waals surface area contributed by atoms with Crippen molar-refractivity contribution in [2.75, 3.05) is 38.1 Å². The third kappa shape index (κ3) is 6.07. The first-order chi connectivity index (χ1) is 14.8. The molecule has 0 spiro atoms. The molecule has 1 unspecified atom stereocenters. The molecule has 3 rings (SSSR count). The lowest BCUT2D eigenvalue weighted by Gasteiger charge is -2.35. The van der Waals surface area contributed by atoms with Gasteiger partial charge in [0.1, 0.15) is 6.04 Å². The zero-order valence-corrected chi connectivity index (χ0v) is 19.0. The van der Waals surface area contributed by atoms with Crippen molar-refractivity contribution in [1.82, 2.24) is 15.5 Å². The molecule has 2 aromatic carbocycles. The van der Waals surface area contributed by atoms with Crippen LogP contribution in [-0.2, 0) is 11.3 Å². The molecule has 0 saturated carbocycles. The Kier molecular flexibility index (Phi) is 7.69. The fourth-order valence-electron chi connectivity index (χ4n) is 3.77. The van der Waals surface area contributed by atoms with E-state index in [1.165, 1.54) is 5.69 Å². The molecule has 2 N–H and O–H groups in total. The van der Waals surface area contributed by atoms with E-state index in [1.54, 1.807) is 12.1 Å². The molecule has 6 heteroatoms. The van der Waals surface area contributed by atoms with E-state index in [2.05, 4.69) is 39.6 Å². The molecule has 1 aliphatic heterocycles. The van der Waals surface area contributed by atoms with Crippen LogP contribution in [-0.4, -0.2) is 56.0 Å². The first-order valence-corrected chi connectivity index (χ1v) is 11.0. The highest BCUT2D eigenvalue weighted by atomic mass is 16.2. The molecule has 1 atom stereocenters. The molecule has 166 valence electrons. The monoisotopic (exact) mass is 422 g/mol. The second-order valence-electron chi connectivity index (χ2n) is 8.70. The number of piperazine rings is 1. The van der Waals surface area contributed by atoms with Crippen molar-refractivity contribution in [3.63, 3.8) is 0 Å². The number of para-hydroxylation sites is 1. The van der Waals surface area contributed by atoms with Gasteiger partial charge in [-0.1, -0.05) is 49.7 Å². The van der Waals surface area contributed by atoms with Crippen molar-refractivity contribution in [2.24, 2.45) is 5.92 Å². The zero-order valence-electron chi connectivity index (χ0n) is 19.0. The van der Waals surface area contributed by atoms with E-state index >= 15 is 0 Å². The summed E-state index contributed by atoms with van der Waals surface area (Å²) < 4.78 is 0. The fraction of sp³-hybridized carbons (Fsp3) is 0.440. The highest BCUT2D eigenvalue weighted by molar-refractivity contribution is 5.97. The van der Waals surface area contributed by atoms with Crippen molar-refractivity contribution >= 4 is 17.5 Å². The Morgan fingerprint density at radius 1 is 0.968 bits per heavy atom. The summed E-state index contributed by atoms with van der Waals surface area (Å²) in [5.41, 5.74) is 3.91. The van der Waals surface area contributed by atoms with E-state index in [4.69, 9.17) is 0 Å². The van der Waals surface area contributed by atoms with Gasteiger partial charge in [0.25, 0.3) is 5.91 Å². The van der Waals surface area contributed by atoms with Crippen molar-refractivity contribution in [2.45, 2.75) is 33.4 Å². The van der Waals surface area contributed by atoms with E-state index in [9.17, 15) is 9.59 Å². The zero-order chi connectivity index (χ0) is 22.4. The maximum absolute atomic E-state index is 13.0. The summed E-state index contributed by atoms with van der Waals surface area (Å²) in [6.45, 7) is 10.3. The summed E-state index contributed by atoms with van der Waals surface area (Å²) in [5, 5.41) is 5.95. The Morgan fingerprint density at radius 2 is 1.61 bits per heavy atom. The Balaban J connectivity index is 1.64. The number of hydrogen-bond donors (Lipinski definition) is 2. The van der Waals surface area contributed by atoms with Gasteiger partial charge in [-0.05, 0) is 43.7 Å². The van der Waals surface area contributed by atoms with Crippen LogP contribution in [0.15, 0.2) is 48.5 Å². The topological polar surface area (TPSA) is 64.7 Å². The van der Waals surface area contributed by atoms with E-state index in [0.717, 1.165) is 37.3 Å². The van der Waals surface area contributed by atoms with E-state index in [0.29, 0.717) is 12.1 Å². The quantitative estimate of drug-likeness (QED) is 0.720. The van der Waals surface area contributed by atoms with Crippen LogP contribution < -0.4 is 15.5 Å². The molecular formula is C25H34N4O2. The summed E-state index contributed by atoms with van der Waals surface area (Å²) in [6, 6.07) is 15.0. The number of nitrogens with zero attached hydrogens (tertiary/aromatic N) is 2. The van der Waals surface area contributed by atoms with Crippen LogP contribution in [0.2, 0.25) is 0 Å². The van der Waals surface area contributed by atoms with Gasteiger partial charge in [0.15, 0.2) is 0 Å². The van der Waals surface area contributed by atoms with Crippen LogP contribution in [0.25, 0.3) is 0 Å². The number of nitrogens with one attached hydrogen (secondary N) is 2. The van der Waals surface area contributed by atoms with Gasteiger partial charge in [0.05, 0.1) is 0 Å². The Morgan fingerprint density at radius 3 is 2.26 bits per heavy atom. The number of rotatable bonds is 7. The second kappa shape index (κ2) is 10.4. The third-order valence-electron chi connectivity index (χ3n) is 5.84. The molecule has 1 aliphatic rings. The van der Waals surface area contributed by atoms with E-state index < -0.39 is 6.04 Å². The lowest BCUT2D eigenvalue weighted by Crippen LogP contribution is -2.49. The SMILES string of the molecule is Cc1ccc(C(=O)NC(C(=O)NCc2ccccc2N2CCN(C)CC2)C(C)C)cc1. The molecule has 0 bridgehead atoms. The number of carbonyl (C=O) groups excluding carboxylic acids is 2. The van der Waals surface area contributed by atoms with Gasteiger partial charge in [-0.3, -0.25) is 9.59 Å². The molecule has 2 aromatic rings. The fourth-order valence-corrected chi connectivity index (χ4v) is 3.77. The second-order valence-corrected chi connectivity index (χ2v) is 8.70. The number of likely N-dealkylation sites (N-methyl/N-ethyl adjacent to an activating group) is 1. The van der Waals surface area contributed by atoms with Gasteiger partial charge in [-0.25, -0.2) is 0 Å². The Labute approximate surface area is 185 Å². The van der Waals surface area contributed by atoms with Gasteiger partial charge in [0.2, 0.25) is 5.91 Å². The lowest BCUT2D eigenvalue weighted by atomic mass is 10.0. The van der Waals surface area contributed by atoms with Crippen LogP contribution in [0.4, 0.5) is 5.69 Å². The average molecular weight is 423 g/mol. The molecule has 1 fully saturated rings. The largest absolute Gasteiger partial charge is 0.369 e. The molecular weight excluding hydrogens is 388 g/mol. The van der Waals surface area contributed by atoms with Crippen LogP contribution in [0.5, 0.6) is 0 Å². The van der Waals surface area contributed by atoms with Crippen molar-refractivity contribution in [3.05, 3.63) is 65.2 Å². The normalized spacial score (nSPS) is 15.6. The minimum absolute atomic E-state index is 0.0257. The van der Waals surface area contributed by atoms with Crippen molar-refractivity contribution < 1.29 is 9.59 Å². The maximum Gasteiger partial charge on any atom is 0.251 e. The summed E-state index contributed by atoms with van der Waals surface area (Å²) in [7, 11) is 2.14. The highest BCUT2D eigenvalue weighted by Gasteiger charge is 2.25. The molecule has 2 amide bonds. The number of hydrogen-bond acceptors (Lipinski definition) is 4. The van der Waals surface area contributed by atoms with E-state index in [1.807, 2.05) is 45.0 Å². The third-order valence-corrected chi connectivity index (χ3v) is 5.84. The van der Waals surface area contributed by atoms with Gasteiger partial charge in [0, 0.05) is 44.0 Å². The van der Waals surface area contributed by atoms with Crippen LogP contribution in [0.1, 0.15) is 35.3 Å². The molecule has 0 radical (unpaired) electrons. The number of benzene rings is 2. The lowest BCUT2D eigenvalue weighted by molar-refractivity contribution is -0.124. The summed E-state index contributed by atoms with van der Waals surface area (Å²) in [5.74, 6) is -0.419. The molecule has 1 saturated heterocycles. The summed E-state index contributed by atoms with van der Waals surface area (Å²) >= 11 is 0. The summed E-state index contributed by atoms with van der Waals surface area (Å²) in [6.07, 6.45) is 0. The van der Waals surface area contributed by atoms with Gasteiger partial charge in [-0.2, -0.15) is 0 Å². The first kappa shape index (κ1) is 22.8. The standard InChI is InChI=1S/C25H34N4O2/c1-18(2)23(27-24(30)20-11-9-19(3)10-12-20)25(31)26-17-21-7-5-6-8-22(21)29-15-13-28(4)14-16-29/h5-12,18,23H,13-17H2,1-4H3,(H,26,31)(H,27,30). The van der Waals surface area contributed by atoms with Crippen LogP contribution in [0.3, 0.4) is 0 Å². The minimum atomic E-state index is -0.593. The number of anilines is 1. The molecule has 31 heavy (non-hydrogen) atoms. The average Bonchev–Trinajstić information content (AvgIpc) is 2.76. The van der Waals surface area contributed by atoms with Crippen molar-refractivity contribution in [3.8, 4) is 0 Å². The predicted octanol–water partition coefficient (Wildman–Crippen LogP) is 2.82. The number of aryl methyl sites for hydroxylation is 1. The van der Waals surface area contributed by atoms with Gasteiger partial charge in [-0.15, -0.1) is 0 Å². The number of amides is 2. The Bertz CT molecular complexity index is 887. The van der Waals surface area contributed by atoms with Gasteiger partial charge >= 0.3 is 0 Å². The van der Waals surface area contributed by atoms with Crippen LogP contribution in [0, 0.1) is 12.8 Å². The Hall–Kier alpha value is -2.86. The number of carbonyl (C=O) groups is 2. The van der Waals surface area contributed by atoms with Crippen molar-refractivity contribution in [1.29, 1.82) is 0 Å². The molecule has 0 aromatic heterocycles. The van der Waals surface area contributed by atoms with Gasteiger partial charge < -0.3 is 20.4 Å². The minimum Gasteiger partial charge on any atom is -0.369 e. The highest BCUT2D eigenvalue weighted by Crippen LogP contribution is 2.21. The van der Waals surface area contributed by atoms with E-state index in [-0.39, 0.29) is 17.7 Å². The summed E-state index contributed by atoms with van der Waals surface area (Å²) in [4.78, 5) is 30.3. The maximum atomic E-state index is 13.0. The predicted molar refractivity (Wildman–Crippen MR) is 125 cm³/mol.